The highest BCUT2D eigenvalue weighted by Gasteiger charge is 1.98. The molecular formula is C17H18N2O. The maximum Gasteiger partial charge on any atom is 0.118 e. The Morgan fingerprint density at radius 3 is 2.50 bits per heavy atom. The molecule has 0 fully saturated rings. The number of aromatic nitrogens is 1. The number of aromatic amines is 1. The zero-order valence-electron chi connectivity index (χ0n) is 11.5. The molecule has 0 saturated heterocycles. The Hall–Kier alpha value is -2.26. The largest absolute Gasteiger partial charge is 0.497 e. The number of methoxy groups -OCH3 is 1. The zero-order chi connectivity index (χ0) is 13.8. The molecule has 2 N–H and O–H groups in total. The predicted octanol–water partition coefficient (Wildman–Crippen LogP) is 3.47. The maximum atomic E-state index is 5.15. The Morgan fingerprint density at radius 2 is 1.70 bits per heavy atom. The Balaban J connectivity index is 1.58. The molecule has 1 aromatic heterocycles. The fraction of sp³-hybridized carbons (Fsp3) is 0.176. The lowest BCUT2D eigenvalue weighted by Crippen LogP contribution is -2.12. The van der Waals surface area contributed by atoms with E-state index in [1.54, 1.807) is 7.11 Å². The average molecular weight is 266 g/mol. The molecule has 0 aliphatic carbocycles. The first-order chi connectivity index (χ1) is 9.85. The molecule has 0 bridgehead atoms. The summed E-state index contributed by atoms with van der Waals surface area (Å²) in [5.41, 5.74) is 3.74. The molecule has 3 nitrogen and oxygen atoms in total. The number of hydrogen-bond donors (Lipinski definition) is 2. The molecule has 0 spiro atoms. The normalized spacial score (nSPS) is 10.8. The van der Waals surface area contributed by atoms with Crippen molar-refractivity contribution in [1.82, 2.24) is 10.3 Å². The van der Waals surface area contributed by atoms with E-state index < -0.39 is 0 Å². The van der Waals surface area contributed by atoms with Gasteiger partial charge in [-0.1, -0.05) is 18.2 Å². The van der Waals surface area contributed by atoms with Crippen molar-refractivity contribution in [3.05, 3.63) is 65.9 Å². The van der Waals surface area contributed by atoms with E-state index >= 15 is 0 Å². The molecule has 0 saturated carbocycles. The van der Waals surface area contributed by atoms with Crippen LogP contribution in [0.5, 0.6) is 5.75 Å². The van der Waals surface area contributed by atoms with Crippen molar-refractivity contribution in [1.29, 1.82) is 0 Å². The summed E-state index contributed by atoms with van der Waals surface area (Å²) in [6, 6.07) is 16.7. The second-order valence-electron chi connectivity index (χ2n) is 4.85. The molecule has 102 valence electrons. The van der Waals surface area contributed by atoms with E-state index in [1.807, 2.05) is 18.3 Å². The van der Waals surface area contributed by atoms with Gasteiger partial charge in [0.2, 0.25) is 0 Å². The van der Waals surface area contributed by atoms with E-state index in [2.05, 4.69) is 46.7 Å². The Morgan fingerprint density at radius 1 is 0.950 bits per heavy atom. The summed E-state index contributed by atoms with van der Waals surface area (Å²) >= 11 is 0. The van der Waals surface area contributed by atoms with Crippen LogP contribution in [0.3, 0.4) is 0 Å². The molecule has 2 aromatic carbocycles. The van der Waals surface area contributed by atoms with Crippen LogP contribution in [0.2, 0.25) is 0 Å². The summed E-state index contributed by atoms with van der Waals surface area (Å²) in [5, 5.41) is 4.72. The smallest absolute Gasteiger partial charge is 0.118 e. The fourth-order valence-electron chi connectivity index (χ4n) is 2.31. The minimum absolute atomic E-state index is 0.856. The van der Waals surface area contributed by atoms with E-state index in [0.29, 0.717) is 0 Å². The molecule has 0 unspecified atom stereocenters. The Labute approximate surface area is 118 Å². The van der Waals surface area contributed by atoms with Crippen LogP contribution in [0, 0.1) is 0 Å². The van der Waals surface area contributed by atoms with Gasteiger partial charge in [-0.25, -0.2) is 0 Å². The van der Waals surface area contributed by atoms with E-state index in [9.17, 15) is 0 Å². The Bertz CT molecular complexity index is 686. The summed E-state index contributed by atoms with van der Waals surface area (Å²) in [7, 11) is 1.68. The quantitative estimate of drug-likeness (QED) is 0.742. The summed E-state index contributed by atoms with van der Waals surface area (Å²) in [6.45, 7) is 1.72. The number of fused-ring (bicyclic) bond motifs is 1. The highest BCUT2D eigenvalue weighted by atomic mass is 16.5. The van der Waals surface area contributed by atoms with E-state index in [-0.39, 0.29) is 0 Å². The van der Waals surface area contributed by atoms with E-state index in [1.165, 1.54) is 22.0 Å². The van der Waals surface area contributed by atoms with Crippen molar-refractivity contribution in [2.75, 3.05) is 7.11 Å². The van der Waals surface area contributed by atoms with Crippen LogP contribution in [0.1, 0.15) is 11.1 Å². The molecule has 1 heterocycles. The minimum Gasteiger partial charge on any atom is -0.497 e. The standard InChI is InChI=1S/C17H18N2O/c1-20-16-5-2-13(3-6-16)11-18-12-14-4-7-17-15(10-14)8-9-19-17/h2-10,18-19H,11-12H2,1H3. The van der Waals surface area contributed by atoms with Crippen LogP contribution in [-0.2, 0) is 13.1 Å². The van der Waals surface area contributed by atoms with Gasteiger partial charge in [-0.2, -0.15) is 0 Å². The van der Waals surface area contributed by atoms with Gasteiger partial charge in [0.15, 0.2) is 0 Å². The average Bonchev–Trinajstić information content (AvgIpc) is 2.95. The van der Waals surface area contributed by atoms with Crippen molar-refractivity contribution in [3.63, 3.8) is 0 Å². The van der Waals surface area contributed by atoms with Gasteiger partial charge in [-0.05, 0) is 46.8 Å². The maximum absolute atomic E-state index is 5.15. The van der Waals surface area contributed by atoms with E-state index in [4.69, 9.17) is 4.74 Å². The van der Waals surface area contributed by atoms with Crippen molar-refractivity contribution in [3.8, 4) is 5.75 Å². The molecule has 0 aliphatic heterocycles. The van der Waals surface area contributed by atoms with Crippen LogP contribution in [0.25, 0.3) is 10.9 Å². The predicted molar refractivity (Wildman–Crippen MR) is 81.8 cm³/mol. The fourth-order valence-corrected chi connectivity index (χ4v) is 2.31. The van der Waals surface area contributed by atoms with E-state index in [0.717, 1.165) is 18.8 Å². The first kappa shape index (κ1) is 12.8. The highest BCUT2D eigenvalue weighted by Crippen LogP contribution is 2.14. The number of H-pyrrole nitrogens is 1. The highest BCUT2D eigenvalue weighted by molar-refractivity contribution is 5.79. The summed E-state index contributed by atoms with van der Waals surface area (Å²) in [5.74, 6) is 0.895. The first-order valence-electron chi connectivity index (χ1n) is 6.75. The lowest BCUT2D eigenvalue weighted by atomic mass is 10.1. The van der Waals surface area contributed by atoms with Gasteiger partial charge < -0.3 is 15.0 Å². The SMILES string of the molecule is COc1ccc(CNCc2ccc3[nH]ccc3c2)cc1. The first-order valence-corrected chi connectivity index (χ1v) is 6.75. The van der Waals surface area contributed by atoms with Crippen molar-refractivity contribution < 1.29 is 4.74 Å². The van der Waals surface area contributed by atoms with Gasteiger partial charge in [-0.15, -0.1) is 0 Å². The molecule has 0 aliphatic rings. The van der Waals surface area contributed by atoms with Crippen molar-refractivity contribution in [2.45, 2.75) is 13.1 Å². The molecule has 0 radical (unpaired) electrons. The Kier molecular flexibility index (Phi) is 3.70. The second kappa shape index (κ2) is 5.80. The number of rotatable bonds is 5. The summed E-state index contributed by atoms with van der Waals surface area (Å²) in [6.07, 6.45) is 1.97. The van der Waals surface area contributed by atoms with Crippen molar-refractivity contribution >= 4 is 10.9 Å². The van der Waals surface area contributed by atoms with Crippen LogP contribution < -0.4 is 10.1 Å². The van der Waals surface area contributed by atoms with Gasteiger partial charge in [0.1, 0.15) is 5.75 Å². The topological polar surface area (TPSA) is 37.0 Å². The summed E-state index contributed by atoms with van der Waals surface area (Å²) in [4.78, 5) is 3.21. The lowest BCUT2D eigenvalue weighted by Gasteiger charge is -2.06. The third kappa shape index (κ3) is 2.83. The number of nitrogens with one attached hydrogen (secondary N) is 2. The van der Waals surface area contributed by atoms with Crippen molar-refractivity contribution in [2.24, 2.45) is 0 Å². The molecule has 0 atom stereocenters. The van der Waals surface area contributed by atoms with Gasteiger partial charge >= 0.3 is 0 Å². The van der Waals surface area contributed by atoms with Gasteiger partial charge in [0, 0.05) is 24.8 Å². The third-order valence-corrected chi connectivity index (χ3v) is 3.44. The number of benzene rings is 2. The van der Waals surface area contributed by atoms with Gasteiger partial charge in [0.25, 0.3) is 0 Å². The molecule has 3 aromatic rings. The van der Waals surface area contributed by atoms with Gasteiger partial charge in [-0.3, -0.25) is 0 Å². The van der Waals surface area contributed by atoms with Crippen LogP contribution >= 0.6 is 0 Å². The van der Waals surface area contributed by atoms with Crippen LogP contribution in [0.15, 0.2) is 54.7 Å². The molecular weight excluding hydrogens is 248 g/mol. The van der Waals surface area contributed by atoms with Crippen LogP contribution in [0.4, 0.5) is 0 Å². The second-order valence-corrected chi connectivity index (χ2v) is 4.85. The third-order valence-electron chi connectivity index (χ3n) is 3.44. The molecule has 3 rings (SSSR count). The van der Waals surface area contributed by atoms with Crippen LogP contribution in [-0.4, -0.2) is 12.1 Å². The summed E-state index contributed by atoms with van der Waals surface area (Å²) < 4.78 is 5.15. The monoisotopic (exact) mass is 266 g/mol. The zero-order valence-corrected chi connectivity index (χ0v) is 11.5. The molecule has 3 heteroatoms. The molecule has 0 amide bonds. The number of ether oxygens (including phenoxy) is 1. The molecule has 20 heavy (non-hydrogen) atoms. The van der Waals surface area contributed by atoms with Gasteiger partial charge in [0.05, 0.1) is 7.11 Å². The minimum atomic E-state index is 0.856. The lowest BCUT2D eigenvalue weighted by molar-refractivity contribution is 0.414. The number of hydrogen-bond acceptors (Lipinski definition) is 2.